The Labute approximate surface area is 97.5 Å². The Morgan fingerprint density at radius 3 is 2.94 bits per heavy atom. The van der Waals surface area contributed by atoms with Gasteiger partial charge in [-0.3, -0.25) is 0 Å². The highest BCUT2D eigenvalue weighted by Crippen LogP contribution is 2.26. The minimum Gasteiger partial charge on any atom is -0.370 e. The van der Waals surface area contributed by atoms with E-state index in [1.165, 1.54) is 16.8 Å². The van der Waals surface area contributed by atoms with Gasteiger partial charge in [-0.05, 0) is 43.9 Å². The van der Waals surface area contributed by atoms with Crippen molar-refractivity contribution in [3.63, 3.8) is 0 Å². The molecule has 1 aromatic carbocycles. The molecule has 1 aliphatic rings. The van der Waals surface area contributed by atoms with Crippen LogP contribution in [-0.4, -0.2) is 13.1 Å². The van der Waals surface area contributed by atoms with Crippen LogP contribution in [0.15, 0.2) is 18.2 Å². The maximum atomic E-state index is 9.00. The van der Waals surface area contributed by atoms with Gasteiger partial charge < -0.3 is 4.90 Å². The van der Waals surface area contributed by atoms with Crippen LogP contribution in [0.2, 0.25) is 0 Å². The largest absolute Gasteiger partial charge is 0.370 e. The smallest absolute Gasteiger partial charge is 0.0674 e. The van der Waals surface area contributed by atoms with Crippen LogP contribution in [0.4, 0.5) is 5.69 Å². The summed E-state index contributed by atoms with van der Waals surface area (Å²) in [6.07, 6.45) is 2.18. The first kappa shape index (κ1) is 11.0. The van der Waals surface area contributed by atoms with Crippen molar-refractivity contribution in [1.29, 1.82) is 5.26 Å². The lowest BCUT2D eigenvalue weighted by atomic mass is 9.98. The summed E-state index contributed by atoms with van der Waals surface area (Å²) in [7, 11) is 0. The van der Waals surface area contributed by atoms with Gasteiger partial charge in [0.2, 0.25) is 0 Å². The molecule has 1 aromatic rings. The highest BCUT2D eigenvalue weighted by Gasteiger charge is 2.20. The zero-order valence-electron chi connectivity index (χ0n) is 10.0. The van der Waals surface area contributed by atoms with E-state index in [0.717, 1.165) is 25.9 Å². The molecule has 0 aromatic heterocycles. The third-order valence-electron chi connectivity index (χ3n) is 3.31. The summed E-state index contributed by atoms with van der Waals surface area (Å²) in [5, 5.41) is 9.00. The Morgan fingerprint density at radius 1 is 1.38 bits per heavy atom. The molecule has 0 aliphatic carbocycles. The number of anilines is 1. The van der Waals surface area contributed by atoms with Gasteiger partial charge in [-0.1, -0.05) is 12.1 Å². The SMILES string of the molecule is Cc1ccc(C)c(N2CCCC(C#N)C2)c1. The molecule has 0 spiro atoms. The fraction of sp³-hybridized carbons (Fsp3) is 0.500. The number of nitriles is 1. The first-order valence-electron chi connectivity index (χ1n) is 5.92. The van der Waals surface area contributed by atoms with Crippen molar-refractivity contribution in [3.8, 4) is 6.07 Å². The lowest BCUT2D eigenvalue weighted by molar-refractivity contribution is 0.493. The van der Waals surface area contributed by atoms with E-state index in [9.17, 15) is 0 Å². The molecule has 1 atom stereocenters. The van der Waals surface area contributed by atoms with Crippen molar-refractivity contribution < 1.29 is 0 Å². The van der Waals surface area contributed by atoms with Crippen molar-refractivity contribution in [2.24, 2.45) is 5.92 Å². The first-order chi connectivity index (χ1) is 7.70. The van der Waals surface area contributed by atoms with Crippen molar-refractivity contribution in [2.45, 2.75) is 26.7 Å². The first-order valence-corrected chi connectivity index (χ1v) is 5.92. The third kappa shape index (κ3) is 2.19. The number of hydrogen-bond acceptors (Lipinski definition) is 2. The van der Waals surface area contributed by atoms with Crippen LogP contribution >= 0.6 is 0 Å². The molecule has 84 valence electrons. The monoisotopic (exact) mass is 214 g/mol. The Kier molecular flexibility index (Phi) is 3.14. The van der Waals surface area contributed by atoms with E-state index >= 15 is 0 Å². The van der Waals surface area contributed by atoms with Gasteiger partial charge in [-0.25, -0.2) is 0 Å². The standard InChI is InChI=1S/C14H18N2/c1-11-5-6-12(2)14(8-11)16-7-3-4-13(9-15)10-16/h5-6,8,13H,3-4,7,10H2,1-2H3. The zero-order valence-corrected chi connectivity index (χ0v) is 10.0. The van der Waals surface area contributed by atoms with E-state index in [0.29, 0.717) is 0 Å². The molecule has 1 aliphatic heterocycles. The molecule has 0 N–H and O–H groups in total. The molecule has 1 saturated heterocycles. The summed E-state index contributed by atoms with van der Waals surface area (Å²) in [6, 6.07) is 8.94. The number of nitrogens with zero attached hydrogens (tertiary/aromatic N) is 2. The predicted molar refractivity (Wildman–Crippen MR) is 66.5 cm³/mol. The van der Waals surface area contributed by atoms with Crippen LogP contribution in [0.25, 0.3) is 0 Å². The van der Waals surface area contributed by atoms with Gasteiger partial charge in [0.25, 0.3) is 0 Å². The van der Waals surface area contributed by atoms with Gasteiger partial charge in [0.1, 0.15) is 0 Å². The van der Waals surface area contributed by atoms with E-state index in [-0.39, 0.29) is 5.92 Å². The molecule has 2 rings (SSSR count). The summed E-state index contributed by atoms with van der Waals surface area (Å²) in [5.41, 5.74) is 3.91. The van der Waals surface area contributed by atoms with Crippen molar-refractivity contribution in [3.05, 3.63) is 29.3 Å². The van der Waals surface area contributed by atoms with Gasteiger partial charge in [0, 0.05) is 18.8 Å². The normalized spacial score (nSPS) is 20.6. The second-order valence-corrected chi connectivity index (χ2v) is 4.70. The average Bonchev–Trinajstić information content (AvgIpc) is 2.32. The van der Waals surface area contributed by atoms with E-state index in [1.54, 1.807) is 0 Å². The Balaban J connectivity index is 2.23. The molecule has 1 unspecified atom stereocenters. The molecule has 0 amide bonds. The molecular weight excluding hydrogens is 196 g/mol. The molecular formula is C14H18N2. The second-order valence-electron chi connectivity index (χ2n) is 4.70. The number of aryl methyl sites for hydroxylation is 2. The maximum Gasteiger partial charge on any atom is 0.0674 e. The van der Waals surface area contributed by atoms with Gasteiger partial charge >= 0.3 is 0 Å². The highest BCUT2D eigenvalue weighted by molar-refractivity contribution is 5.55. The number of benzene rings is 1. The van der Waals surface area contributed by atoms with E-state index in [2.05, 4.69) is 43.0 Å². The Morgan fingerprint density at radius 2 is 2.19 bits per heavy atom. The van der Waals surface area contributed by atoms with Crippen LogP contribution in [0, 0.1) is 31.1 Å². The number of rotatable bonds is 1. The minimum atomic E-state index is 0.202. The Bertz CT molecular complexity index is 417. The number of piperidine rings is 1. The van der Waals surface area contributed by atoms with E-state index in [4.69, 9.17) is 5.26 Å². The minimum absolute atomic E-state index is 0.202. The maximum absolute atomic E-state index is 9.00. The molecule has 0 bridgehead atoms. The zero-order chi connectivity index (χ0) is 11.5. The third-order valence-corrected chi connectivity index (χ3v) is 3.31. The van der Waals surface area contributed by atoms with E-state index < -0.39 is 0 Å². The van der Waals surface area contributed by atoms with Crippen LogP contribution < -0.4 is 4.90 Å². The molecule has 1 fully saturated rings. The fourth-order valence-corrected chi connectivity index (χ4v) is 2.36. The van der Waals surface area contributed by atoms with Crippen molar-refractivity contribution >= 4 is 5.69 Å². The molecule has 2 heteroatoms. The van der Waals surface area contributed by atoms with Crippen molar-refractivity contribution in [2.75, 3.05) is 18.0 Å². The van der Waals surface area contributed by atoms with Crippen molar-refractivity contribution in [1.82, 2.24) is 0 Å². The van der Waals surface area contributed by atoms with Gasteiger partial charge in [-0.2, -0.15) is 5.26 Å². The summed E-state index contributed by atoms with van der Waals surface area (Å²) in [6.45, 7) is 6.24. The molecule has 1 heterocycles. The molecule has 0 saturated carbocycles. The molecule has 16 heavy (non-hydrogen) atoms. The molecule has 2 nitrogen and oxygen atoms in total. The summed E-state index contributed by atoms with van der Waals surface area (Å²) >= 11 is 0. The van der Waals surface area contributed by atoms with Crippen LogP contribution in [0.1, 0.15) is 24.0 Å². The summed E-state index contributed by atoms with van der Waals surface area (Å²) < 4.78 is 0. The quantitative estimate of drug-likeness (QED) is 0.718. The second kappa shape index (κ2) is 4.57. The van der Waals surface area contributed by atoms with Crippen LogP contribution in [0.3, 0.4) is 0 Å². The summed E-state index contributed by atoms with van der Waals surface area (Å²) in [4.78, 5) is 2.36. The Hall–Kier alpha value is -1.49. The lowest BCUT2D eigenvalue weighted by Gasteiger charge is -2.32. The molecule has 0 radical (unpaired) electrons. The van der Waals surface area contributed by atoms with Crippen LogP contribution in [-0.2, 0) is 0 Å². The number of hydrogen-bond donors (Lipinski definition) is 0. The lowest BCUT2D eigenvalue weighted by Crippen LogP contribution is -2.35. The van der Waals surface area contributed by atoms with Gasteiger partial charge in [-0.15, -0.1) is 0 Å². The summed E-state index contributed by atoms with van der Waals surface area (Å²) in [5.74, 6) is 0.202. The van der Waals surface area contributed by atoms with Gasteiger partial charge in [0.05, 0.1) is 12.0 Å². The average molecular weight is 214 g/mol. The topological polar surface area (TPSA) is 27.0 Å². The van der Waals surface area contributed by atoms with E-state index in [1.807, 2.05) is 0 Å². The predicted octanol–water partition coefficient (Wildman–Crippen LogP) is 3.04. The van der Waals surface area contributed by atoms with Gasteiger partial charge in [0.15, 0.2) is 0 Å². The van der Waals surface area contributed by atoms with Crippen LogP contribution in [0.5, 0.6) is 0 Å². The fourth-order valence-electron chi connectivity index (χ4n) is 2.36. The highest BCUT2D eigenvalue weighted by atomic mass is 15.1.